The van der Waals surface area contributed by atoms with Gasteiger partial charge in [0.15, 0.2) is 0 Å². The number of hydrogen-bond acceptors (Lipinski definition) is 5. The van der Waals surface area contributed by atoms with E-state index in [1.54, 1.807) is 0 Å². The van der Waals surface area contributed by atoms with E-state index in [0.29, 0.717) is 6.54 Å². The van der Waals surface area contributed by atoms with Crippen LogP contribution in [0.15, 0.2) is 29.2 Å². The summed E-state index contributed by atoms with van der Waals surface area (Å²) in [5.41, 5.74) is 0. The van der Waals surface area contributed by atoms with Crippen molar-refractivity contribution < 1.29 is 21.9 Å². The van der Waals surface area contributed by atoms with Crippen LogP contribution in [0, 0.1) is 0 Å². The number of alkyl halides is 2. The van der Waals surface area contributed by atoms with E-state index in [-0.39, 0.29) is 42.0 Å². The van der Waals surface area contributed by atoms with Gasteiger partial charge in [0.2, 0.25) is 10.0 Å². The Hall–Kier alpha value is -0.710. The van der Waals surface area contributed by atoms with Gasteiger partial charge in [-0.1, -0.05) is 12.1 Å². The third kappa shape index (κ3) is 7.04. The Balaban J connectivity index is 0.00000264. The van der Waals surface area contributed by atoms with E-state index < -0.39 is 16.6 Å². The van der Waals surface area contributed by atoms with Gasteiger partial charge in [0, 0.05) is 39.3 Å². The van der Waals surface area contributed by atoms with Crippen molar-refractivity contribution in [2.45, 2.75) is 11.5 Å². The van der Waals surface area contributed by atoms with Gasteiger partial charge in [-0.05, 0) is 12.1 Å². The van der Waals surface area contributed by atoms with E-state index in [2.05, 4.69) is 19.7 Å². The minimum absolute atomic E-state index is 0. The predicted octanol–water partition coefficient (Wildman–Crippen LogP) is 1.32. The molecule has 2 N–H and O–H groups in total. The summed E-state index contributed by atoms with van der Waals surface area (Å²) in [4.78, 5) is 1.84. The summed E-state index contributed by atoms with van der Waals surface area (Å²) in [6, 6.07) is 5.35. The van der Waals surface area contributed by atoms with E-state index in [1.165, 1.54) is 24.3 Å². The molecule has 6 nitrogen and oxygen atoms in total. The van der Waals surface area contributed by atoms with Crippen molar-refractivity contribution in [1.29, 1.82) is 0 Å². The standard InChI is InChI=1S/C13H19F2N3O3S.2ClH/c14-13(15)21-11-3-1-2-4-12(11)22(19,20)17-7-10-18-8-5-16-6-9-18;;/h1-4,13,16-17H,5-10H2;2*1H. The first-order chi connectivity index (χ1) is 10.5. The third-order valence-corrected chi connectivity index (χ3v) is 4.78. The van der Waals surface area contributed by atoms with Crippen molar-refractivity contribution in [2.24, 2.45) is 0 Å². The number of hydrogen-bond donors (Lipinski definition) is 2. The zero-order valence-electron chi connectivity index (χ0n) is 12.8. The number of benzene rings is 1. The maximum absolute atomic E-state index is 12.3. The van der Waals surface area contributed by atoms with Crippen LogP contribution in [0.2, 0.25) is 0 Å². The van der Waals surface area contributed by atoms with Crippen molar-refractivity contribution in [3.8, 4) is 5.75 Å². The smallest absolute Gasteiger partial charge is 0.387 e. The lowest BCUT2D eigenvalue weighted by Crippen LogP contribution is -2.46. The Bertz CT molecular complexity index is 588. The third-order valence-electron chi connectivity index (χ3n) is 3.28. The van der Waals surface area contributed by atoms with Crippen LogP contribution in [-0.2, 0) is 10.0 Å². The summed E-state index contributed by atoms with van der Waals surface area (Å²) in [5, 5.41) is 3.20. The molecule has 140 valence electrons. The fourth-order valence-electron chi connectivity index (χ4n) is 2.22. The minimum Gasteiger partial charge on any atom is -0.433 e. The van der Waals surface area contributed by atoms with Gasteiger partial charge in [-0.3, -0.25) is 4.90 Å². The molecule has 0 radical (unpaired) electrons. The monoisotopic (exact) mass is 407 g/mol. The molecule has 1 heterocycles. The fraction of sp³-hybridized carbons (Fsp3) is 0.538. The van der Waals surface area contributed by atoms with Gasteiger partial charge in [0.25, 0.3) is 0 Å². The second-order valence-corrected chi connectivity index (χ2v) is 6.55. The normalized spacial score (nSPS) is 15.5. The summed E-state index contributed by atoms with van der Waals surface area (Å²) < 4.78 is 55.8. The average Bonchev–Trinajstić information content (AvgIpc) is 2.48. The zero-order valence-corrected chi connectivity index (χ0v) is 15.2. The molecular formula is C13H21Cl2F2N3O3S. The van der Waals surface area contributed by atoms with E-state index >= 15 is 0 Å². The lowest BCUT2D eigenvalue weighted by molar-refractivity contribution is -0.0517. The summed E-state index contributed by atoms with van der Waals surface area (Å²) >= 11 is 0. The molecule has 24 heavy (non-hydrogen) atoms. The molecule has 0 spiro atoms. The summed E-state index contributed by atoms with van der Waals surface area (Å²) in [7, 11) is -3.89. The molecule has 0 bridgehead atoms. The van der Waals surface area contributed by atoms with Gasteiger partial charge in [-0.15, -0.1) is 24.8 Å². The minimum atomic E-state index is -3.89. The van der Waals surface area contributed by atoms with E-state index in [1.807, 2.05) is 0 Å². The second-order valence-electron chi connectivity index (χ2n) is 4.81. The van der Waals surface area contributed by atoms with Gasteiger partial charge in [-0.2, -0.15) is 8.78 Å². The van der Waals surface area contributed by atoms with Crippen LogP contribution in [0.5, 0.6) is 5.75 Å². The van der Waals surface area contributed by atoms with Crippen molar-refractivity contribution in [3.63, 3.8) is 0 Å². The topological polar surface area (TPSA) is 70.7 Å². The van der Waals surface area contributed by atoms with Gasteiger partial charge >= 0.3 is 6.61 Å². The van der Waals surface area contributed by atoms with E-state index in [0.717, 1.165) is 26.2 Å². The van der Waals surface area contributed by atoms with Crippen molar-refractivity contribution >= 4 is 34.8 Å². The highest BCUT2D eigenvalue weighted by atomic mass is 35.5. The van der Waals surface area contributed by atoms with Crippen LogP contribution in [0.3, 0.4) is 0 Å². The Kier molecular flexibility index (Phi) is 10.7. The molecule has 0 aliphatic carbocycles. The molecule has 0 atom stereocenters. The number of sulfonamides is 1. The molecular weight excluding hydrogens is 387 g/mol. The van der Waals surface area contributed by atoms with Crippen molar-refractivity contribution in [3.05, 3.63) is 24.3 Å². The molecule has 2 rings (SSSR count). The summed E-state index contributed by atoms with van der Waals surface area (Å²) in [5.74, 6) is -0.354. The molecule has 0 unspecified atom stereocenters. The molecule has 1 aliphatic rings. The van der Waals surface area contributed by atoms with Crippen molar-refractivity contribution in [2.75, 3.05) is 39.3 Å². The molecule has 1 aliphatic heterocycles. The number of halogens is 4. The molecule has 11 heteroatoms. The fourth-order valence-corrected chi connectivity index (χ4v) is 3.37. The van der Waals surface area contributed by atoms with Gasteiger partial charge < -0.3 is 10.1 Å². The van der Waals surface area contributed by atoms with Gasteiger partial charge in [0.05, 0.1) is 0 Å². The number of nitrogens with one attached hydrogen (secondary N) is 2. The molecule has 1 aromatic carbocycles. The Labute approximate surface area is 152 Å². The van der Waals surface area contributed by atoms with Crippen LogP contribution in [0.4, 0.5) is 8.78 Å². The number of piperazine rings is 1. The largest absolute Gasteiger partial charge is 0.433 e. The molecule has 0 amide bonds. The van der Waals surface area contributed by atoms with Crippen LogP contribution in [-0.4, -0.2) is 59.2 Å². The summed E-state index contributed by atoms with van der Waals surface area (Å²) in [6.45, 7) is 1.16. The van der Waals surface area contributed by atoms with Gasteiger partial charge in [0.1, 0.15) is 10.6 Å². The second kappa shape index (κ2) is 11.0. The maximum Gasteiger partial charge on any atom is 0.387 e. The Morgan fingerprint density at radius 2 is 1.83 bits per heavy atom. The zero-order chi connectivity index (χ0) is 16.0. The number of rotatable bonds is 7. The number of ether oxygens (including phenoxy) is 1. The molecule has 1 fully saturated rings. The first-order valence-electron chi connectivity index (χ1n) is 6.95. The molecule has 1 saturated heterocycles. The van der Waals surface area contributed by atoms with E-state index in [9.17, 15) is 17.2 Å². The molecule has 0 aromatic heterocycles. The number of para-hydroxylation sites is 1. The Morgan fingerprint density at radius 3 is 2.46 bits per heavy atom. The van der Waals surface area contributed by atoms with Crippen LogP contribution in [0.25, 0.3) is 0 Å². The number of nitrogens with zero attached hydrogens (tertiary/aromatic N) is 1. The summed E-state index contributed by atoms with van der Waals surface area (Å²) in [6.07, 6.45) is 0. The SMILES string of the molecule is Cl.Cl.O=S(=O)(NCCN1CCNCC1)c1ccccc1OC(F)F. The first-order valence-corrected chi connectivity index (χ1v) is 8.44. The molecule has 0 saturated carbocycles. The van der Waals surface area contributed by atoms with Crippen LogP contribution < -0.4 is 14.8 Å². The predicted molar refractivity (Wildman–Crippen MR) is 92.1 cm³/mol. The van der Waals surface area contributed by atoms with E-state index in [4.69, 9.17) is 0 Å². The highest BCUT2D eigenvalue weighted by molar-refractivity contribution is 7.89. The average molecular weight is 408 g/mol. The highest BCUT2D eigenvalue weighted by Crippen LogP contribution is 2.24. The van der Waals surface area contributed by atoms with Gasteiger partial charge in [-0.25, -0.2) is 13.1 Å². The molecule has 1 aromatic rings. The quantitative estimate of drug-likeness (QED) is 0.712. The maximum atomic E-state index is 12.3. The van der Waals surface area contributed by atoms with Crippen LogP contribution in [0.1, 0.15) is 0 Å². The highest BCUT2D eigenvalue weighted by Gasteiger charge is 2.21. The lowest BCUT2D eigenvalue weighted by Gasteiger charge is -2.27. The lowest BCUT2D eigenvalue weighted by atomic mass is 10.3. The van der Waals surface area contributed by atoms with Crippen molar-refractivity contribution in [1.82, 2.24) is 14.9 Å². The van der Waals surface area contributed by atoms with Crippen LogP contribution >= 0.6 is 24.8 Å². The first kappa shape index (κ1) is 23.3. The Morgan fingerprint density at radius 1 is 1.21 bits per heavy atom.